The molecule has 1 atom stereocenters. The number of nitrogens with one attached hydrogen (secondary N) is 2. The van der Waals surface area contributed by atoms with E-state index in [-0.39, 0.29) is 17.7 Å². The molecule has 0 saturated carbocycles. The number of carbonyl (C=O) groups excluding carboxylic acids is 2. The van der Waals surface area contributed by atoms with Gasteiger partial charge in [0.1, 0.15) is 6.04 Å². The van der Waals surface area contributed by atoms with E-state index in [0.717, 1.165) is 17.7 Å². The van der Waals surface area contributed by atoms with Crippen LogP contribution in [0.5, 0.6) is 0 Å². The smallest absolute Gasteiger partial charge is 0.275 e. The first-order valence-corrected chi connectivity index (χ1v) is 7.09. The Kier molecular flexibility index (Phi) is 4.11. The minimum Gasteiger partial charge on any atom is -0.353 e. The number of carbonyl (C=O) groups is 2. The van der Waals surface area contributed by atoms with Crippen molar-refractivity contribution in [2.45, 2.75) is 40.2 Å². The number of aromatic nitrogens is 2. The van der Waals surface area contributed by atoms with E-state index in [1.165, 1.54) is 0 Å². The second-order valence-corrected chi connectivity index (χ2v) is 5.51. The predicted molar refractivity (Wildman–Crippen MR) is 75.4 cm³/mol. The van der Waals surface area contributed by atoms with Crippen molar-refractivity contribution >= 4 is 11.8 Å². The lowest BCUT2D eigenvalue weighted by Crippen LogP contribution is -2.59. The van der Waals surface area contributed by atoms with Gasteiger partial charge in [-0.25, -0.2) is 0 Å². The van der Waals surface area contributed by atoms with E-state index in [1.807, 2.05) is 27.7 Å². The number of hydrogen-bond donors (Lipinski definition) is 2. The van der Waals surface area contributed by atoms with Crippen molar-refractivity contribution in [2.24, 2.45) is 5.92 Å². The first-order valence-electron chi connectivity index (χ1n) is 7.09. The van der Waals surface area contributed by atoms with Gasteiger partial charge < -0.3 is 10.2 Å². The number of aromatic amines is 1. The van der Waals surface area contributed by atoms with Crippen LogP contribution in [0.1, 0.15) is 42.5 Å². The number of aryl methyl sites for hydroxylation is 1. The Morgan fingerprint density at radius 1 is 1.50 bits per heavy atom. The van der Waals surface area contributed by atoms with Gasteiger partial charge in [0.05, 0.1) is 0 Å². The van der Waals surface area contributed by atoms with Crippen molar-refractivity contribution in [1.29, 1.82) is 0 Å². The van der Waals surface area contributed by atoms with Crippen molar-refractivity contribution < 1.29 is 9.59 Å². The number of amides is 2. The Morgan fingerprint density at radius 3 is 2.75 bits per heavy atom. The highest BCUT2D eigenvalue weighted by molar-refractivity contribution is 5.98. The molecule has 1 aliphatic rings. The van der Waals surface area contributed by atoms with Crippen LogP contribution in [0.4, 0.5) is 0 Å². The summed E-state index contributed by atoms with van der Waals surface area (Å²) in [5.74, 6) is -0.167. The number of piperazine rings is 1. The van der Waals surface area contributed by atoms with E-state index in [2.05, 4.69) is 15.5 Å². The minimum absolute atomic E-state index is 0.0733. The molecule has 1 aromatic heterocycles. The molecule has 1 fully saturated rings. The standard InChI is InChI=1S/C14H22N4O2/c1-5-10-9(4)11(17-16-10)14(20)18-7-6-15-13(19)12(18)8(2)3/h8,12H,5-7H2,1-4H3,(H,15,19)(H,16,17). The predicted octanol–water partition coefficient (Wildman–Crippen LogP) is 0.877. The summed E-state index contributed by atoms with van der Waals surface area (Å²) in [5, 5.41) is 9.85. The third-order valence-electron chi connectivity index (χ3n) is 3.82. The molecule has 6 nitrogen and oxygen atoms in total. The van der Waals surface area contributed by atoms with Crippen LogP contribution in [0.25, 0.3) is 0 Å². The van der Waals surface area contributed by atoms with Crippen molar-refractivity contribution in [3.05, 3.63) is 17.0 Å². The van der Waals surface area contributed by atoms with E-state index < -0.39 is 6.04 Å². The normalized spacial score (nSPS) is 19.4. The zero-order chi connectivity index (χ0) is 14.9. The van der Waals surface area contributed by atoms with Crippen molar-refractivity contribution in [1.82, 2.24) is 20.4 Å². The first kappa shape index (κ1) is 14.6. The zero-order valence-electron chi connectivity index (χ0n) is 12.5. The number of rotatable bonds is 3. The van der Waals surface area contributed by atoms with Crippen LogP contribution < -0.4 is 5.32 Å². The molecular weight excluding hydrogens is 256 g/mol. The Bertz CT molecular complexity index is 521. The van der Waals surface area contributed by atoms with E-state index in [9.17, 15) is 9.59 Å². The lowest BCUT2D eigenvalue weighted by molar-refractivity contribution is -0.129. The molecular formula is C14H22N4O2. The number of nitrogens with zero attached hydrogens (tertiary/aromatic N) is 2. The van der Waals surface area contributed by atoms with Gasteiger partial charge in [0.25, 0.3) is 5.91 Å². The summed E-state index contributed by atoms with van der Waals surface area (Å²) in [4.78, 5) is 26.3. The largest absolute Gasteiger partial charge is 0.353 e. The average Bonchev–Trinajstić information content (AvgIpc) is 2.78. The van der Waals surface area contributed by atoms with Gasteiger partial charge in [0, 0.05) is 24.3 Å². The number of hydrogen-bond acceptors (Lipinski definition) is 3. The lowest BCUT2D eigenvalue weighted by atomic mass is 9.99. The summed E-state index contributed by atoms with van der Waals surface area (Å²) < 4.78 is 0. The molecule has 6 heteroatoms. The molecule has 2 rings (SSSR count). The second kappa shape index (κ2) is 5.64. The lowest BCUT2D eigenvalue weighted by Gasteiger charge is -2.37. The molecule has 20 heavy (non-hydrogen) atoms. The summed E-state index contributed by atoms with van der Waals surface area (Å²) in [7, 11) is 0. The molecule has 0 bridgehead atoms. The molecule has 1 aromatic rings. The maximum Gasteiger partial charge on any atom is 0.275 e. The minimum atomic E-state index is -0.419. The van der Waals surface area contributed by atoms with Crippen LogP contribution >= 0.6 is 0 Å². The van der Waals surface area contributed by atoms with E-state index in [1.54, 1.807) is 4.90 Å². The third-order valence-corrected chi connectivity index (χ3v) is 3.82. The molecule has 1 aliphatic heterocycles. The Hall–Kier alpha value is -1.85. The van der Waals surface area contributed by atoms with Crippen LogP contribution in [0.2, 0.25) is 0 Å². The monoisotopic (exact) mass is 278 g/mol. The molecule has 1 saturated heterocycles. The molecule has 0 radical (unpaired) electrons. The fourth-order valence-corrected chi connectivity index (χ4v) is 2.70. The van der Waals surface area contributed by atoms with Crippen LogP contribution in [-0.4, -0.2) is 46.0 Å². The first-order chi connectivity index (χ1) is 9.47. The maximum atomic E-state index is 12.7. The fraction of sp³-hybridized carbons (Fsp3) is 0.643. The molecule has 0 spiro atoms. The van der Waals surface area contributed by atoms with Gasteiger partial charge in [-0.05, 0) is 19.3 Å². The second-order valence-electron chi connectivity index (χ2n) is 5.51. The Balaban J connectivity index is 2.30. The average molecular weight is 278 g/mol. The third kappa shape index (κ3) is 2.42. The highest BCUT2D eigenvalue weighted by Crippen LogP contribution is 2.19. The van der Waals surface area contributed by atoms with Crippen molar-refractivity contribution in [3.63, 3.8) is 0 Å². The van der Waals surface area contributed by atoms with Crippen molar-refractivity contribution in [2.75, 3.05) is 13.1 Å². The van der Waals surface area contributed by atoms with E-state index in [0.29, 0.717) is 18.8 Å². The molecule has 2 heterocycles. The van der Waals surface area contributed by atoms with Crippen LogP contribution in [0, 0.1) is 12.8 Å². The quantitative estimate of drug-likeness (QED) is 0.861. The van der Waals surface area contributed by atoms with Crippen LogP contribution in [-0.2, 0) is 11.2 Å². The van der Waals surface area contributed by atoms with Gasteiger partial charge in [-0.15, -0.1) is 0 Å². The van der Waals surface area contributed by atoms with Gasteiger partial charge in [-0.2, -0.15) is 5.10 Å². The summed E-state index contributed by atoms with van der Waals surface area (Å²) in [6.45, 7) is 8.83. The van der Waals surface area contributed by atoms with E-state index >= 15 is 0 Å². The Labute approximate surface area is 118 Å². The summed E-state index contributed by atoms with van der Waals surface area (Å²) in [5.41, 5.74) is 2.28. The SMILES string of the molecule is CCc1[nH]nc(C(=O)N2CCNC(=O)C2C(C)C)c1C. The number of H-pyrrole nitrogens is 1. The molecule has 2 N–H and O–H groups in total. The maximum absolute atomic E-state index is 12.7. The van der Waals surface area contributed by atoms with Gasteiger partial charge in [-0.1, -0.05) is 20.8 Å². The summed E-state index contributed by atoms with van der Waals surface area (Å²) in [6.07, 6.45) is 0.806. The molecule has 110 valence electrons. The van der Waals surface area contributed by atoms with Crippen LogP contribution in [0.15, 0.2) is 0 Å². The zero-order valence-corrected chi connectivity index (χ0v) is 12.5. The topological polar surface area (TPSA) is 78.1 Å². The van der Waals surface area contributed by atoms with Gasteiger partial charge >= 0.3 is 0 Å². The highest BCUT2D eigenvalue weighted by atomic mass is 16.2. The van der Waals surface area contributed by atoms with Gasteiger partial charge in [0.15, 0.2) is 5.69 Å². The summed E-state index contributed by atoms with van der Waals surface area (Å²) in [6, 6.07) is -0.419. The highest BCUT2D eigenvalue weighted by Gasteiger charge is 2.36. The van der Waals surface area contributed by atoms with E-state index in [4.69, 9.17) is 0 Å². The van der Waals surface area contributed by atoms with Crippen LogP contribution in [0.3, 0.4) is 0 Å². The van der Waals surface area contributed by atoms with Gasteiger partial charge in [-0.3, -0.25) is 14.7 Å². The molecule has 2 amide bonds. The molecule has 0 aliphatic carbocycles. The molecule has 0 aromatic carbocycles. The summed E-state index contributed by atoms with van der Waals surface area (Å²) >= 11 is 0. The van der Waals surface area contributed by atoms with Crippen molar-refractivity contribution in [3.8, 4) is 0 Å². The van der Waals surface area contributed by atoms with Gasteiger partial charge in [0.2, 0.25) is 5.91 Å². The fourth-order valence-electron chi connectivity index (χ4n) is 2.70. The Morgan fingerprint density at radius 2 is 2.20 bits per heavy atom. The molecule has 1 unspecified atom stereocenters.